The van der Waals surface area contributed by atoms with E-state index >= 15 is 0 Å². The molecule has 1 amide bonds. The number of likely N-dealkylation sites (tertiary alicyclic amines) is 1. The zero-order chi connectivity index (χ0) is 12.3. The zero-order valence-electron chi connectivity index (χ0n) is 11.2. The minimum atomic E-state index is -0.373. The minimum Gasteiger partial charge on any atom is -0.444 e. The third kappa shape index (κ3) is 1.84. The molecule has 3 heteroatoms. The van der Waals surface area contributed by atoms with Crippen LogP contribution in [-0.4, -0.2) is 29.7 Å². The van der Waals surface area contributed by atoms with E-state index in [1.807, 2.05) is 25.7 Å². The van der Waals surface area contributed by atoms with Crippen LogP contribution in [0, 0.1) is 10.8 Å². The van der Waals surface area contributed by atoms with E-state index in [1.54, 1.807) is 0 Å². The van der Waals surface area contributed by atoms with Crippen LogP contribution in [0.3, 0.4) is 0 Å². The van der Waals surface area contributed by atoms with E-state index in [-0.39, 0.29) is 11.7 Å². The van der Waals surface area contributed by atoms with Crippen LogP contribution in [-0.2, 0) is 4.74 Å². The first kappa shape index (κ1) is 11.4. The van der Waals surface area contributed by atoms with Gasteiger partial charge in [0, 0.05) is 13.1 Å². The molecular weight excluding hydrogens is 214 g/mol. The van der Waals surface area contributed by atoms with Gasteiger partial charge in [0.15, 0.2) is 0 Å². The zero-order valence-corrected chi connectivity index (χ0v) is 11.2. The third-order valence-electron chi connectivity index (χ3n) is 4.84. The summed E-state index contributed by atoms with van der Waals surface area (Å²) in [4.78, 5) is 14.0. The van der Waals surface area contributed by atoms with Gasteiger partial charge in [0.1, 0.15) is 5.60 Å². The molecule has 0 N–H and O–H groups in total. The van der Waals surface area contributed by atoms with Crippen molar-refractivity contribution in [3.05, 3.63) is 0 Å². The molecule has 0 bridgehead atoms. The van der Waals surface area contributed by atoms with Crippen molar-refractivity contribution in [2.75, 3.05) is 13.1 Å². The Kier molecular flexibility index (Phi) is 2.13. The molecule has 3 fully saturated rings. The van der Waals surface area contributed by atoms with Crippen LogP contribution in [0.5, 0.6) is 0 Å². The van der Waals surface area contributed by atoms with Crippen molar-refractivity contribution >= 4 is 6.09 Å². The van der Waals surface area contributed by atoms with Crippen LogP contribution in [0.2, 0.25) is 0 Å². The Morgan fingerprint density at radius 3 is 2.12 bits per heavy atom. The Labute approximate surface area is 104 Å². The maximum absolute atomic E-state index is 12.1. The number of nitrogens with zero attached hydrogens (tertiary/aromatic N) is 1. The Balaban J connectivity index is 1.65. The molecule has 2 aliphatic carbocycles. The Morgan fingerprint density at radius 2 is 1.65 bits per heavy atom. The summed E-state index contributed by atoms with van der Waals surface area (Å²) in [6.07, 6.45) is 6.54. The Hall–Kier alpha value is -0.730. The molecule has 1 heterocycles. The van der Waals surface area contributed by atoms with Gasteiger partial charge in [-0.15, -0.1) is 0 Å². The van der Waals surface area contributed by atoms with Gasteiger partial charge in [0.2, 0.25) is 0 Å². The molecule has 0 aromatic heterocycles. The van der Waals surface area contributed by atoms with E-state index in [1.165, 1.54) is 32.1 Å². The quantitative estimate of drug-likeness (QED) is 0.647. The standard InChI is InChI=1S/C14H23NO2/c1-12(2,3)17-11(16)15-9-8-13(4-5-13)14(10-15)6-7-14/h4-10H2,1-3H3. The fourth-order valence-corrected chi connectivity index (χ4v) is 3.48. The second-order valence-corrected chi connectivity index (χ2v) is 7.21. The van der Waals surface area contributed by atoms with Crippen molar-refractivity contribution in [1.82, 2.24) is 4.90 Å². The average Bonchev–Trinajstić information content (AvgIpc) is 3.02. The smallest absolute Gasteiger partial charge is 0.410 e. The lowest BCUT2D eigenvalue weighted by Crippen LogP contribution is -2.47. The molecule has 0 aromatic carbocycles. The SMILES string of the molecule is CC(C)(C)OC(=O)N1CCC2(CC2)C2(CC2)C1. The number of carbonyl (C=O) groups excluding carboxylic acids is 1. The number of piperidine rings is 1. The molecule has 96 valence electrons. The topological polar surface area (TPSA) is 29.5 Å². The van der Waals surface area contributed by atoms with Gasteiger partial charge >= 0.3 is 6.09 Å². The molecule has 1 aliphatic heterocycles. The largest absolute Gasteiger partial charge is 0.444 e. The van der Waals surface area contributed by atoms with Crippen molar-refractivity contribution in [2.24, 2.45) is 10.8 Å². The van der Waals surface area contributed by atoms with Crippen LogP contribution in [0.1, 0.15) is 52.9 Å². The fraction of sp³-hybridized carbons (Fsp3) is 0.929. The summed E-state index contributed by atoms with van der Waals surface area (Å²) in [6, 6.07) is 0. The Morgan fingerprint density at radius 1 is 1.06 bits per heavy atom. The second-order valence-electron chi connectivity index (χ2n) is 7.21. The predicted octanol–water partition coefficient (Wildman–Crippen LogP) is 3.19. The molecule has 2 spiro atoms. The van der Waals surface area contributed by atoms with Gasteiger partial charge in [-0.05, 0) is 63.7 Å². The molecule has 3 aliphatic rings. The van der Waals surface area contributed by atoms with Crippen molar-refractivity contribution in [2.45, 2.75) is 58.5 Å². The maximum atomic E-state index is 12.1. The molecule has 0 aromatic rings. The third-order valence-corrected chi connectivity index (χ3v) is 4.84. The van der Waals surface area contributed by atoms with Gasteiger partial charge in [0.25, 0.3) is 0 Å². The lowest BCUT2D eigenvalue weighted by molar-refractivity contribution is 0.00382. The van der Waals surface area contributed by atoms with Gasteiger partial charge in [-0.1, -0.05) is 0 Å². The average molecular weight is 237 g/mol. The summed E-state index contributed by atoms with van der Waals surface area (Å²) in [5.74, 6) is 0. The van der Waals surface area contributed by atoms with E-state index in [9.17, 15) is 4.79 Å². The van der Waals surface area contributed by atoms with Crippen molar-refractivity contribution < 1.29 is 9.53 Å². The summed E-state index contributed by atoms with van der Waals surface area (Å²) < 4.78 is 5.47. The van der Waals surface area contributed by atoms with E-state index in [4.69, 9.17) is 4.74 Å². The number of carbonyl (C=O) groups is 1. The van der Waals surface area contributed by atoms with E-state index in [0.717, 1.165) is 13.1 Å². The summed E-state index contributed by atoms with van der Waals surface area (Å²) in [6.45, 7) is 7.65. The molecular formula is C14H23NO2. The molecule has 3 rings (SSSR count). The van der Waals surface area contributed by atoms with Crippen LogP contribution in [0.25, 0.3) is 0 Å². The summed E-state index contributed by atoms with van der Waals surface area (Å²) in [5.41, 5.74) is 0.746. The first-order valence-electron chi connectivity index (χ1n) is 6.84. The molecule has 0 radical (unpaired) electrons. The molecule has 1 saturated heterocycles. The van der Waals surface area contributed by atoms with Crippen molar-refractivity contribution in [1.29, 1.82) is 0 Å². The number of rotatable bonds is 0. The minimum absolute atomic E-state index is 0.112. The monoisotopic (exact) mass is 237 g/mol. The van der Waals surface area contributed by atoms with E-state index in [2.05, 4.69) is 0 Å². The Bertz CT molecular complexity index is 348. The molecule has 0 unspecified atom stereocenters. The maximum Gasteiger partial charge on any atom is 0.410 e. The summed E-state index contributed by atoms with van der Waals surface area (Å²) in [5, 5.41) is 0. The van der Waals surface area contributed by atoms with Gasteiger partial charge in [-0.25, -0.2) is 4.79 Å². The highest BCUT2D eigenvalue weighted by molar-refractivity contribution is 5.68. The number of amides is 1. The fourth-order valence-electron chi connectivity index (χ4n) is 3.48. The van der Waals surface area contributed by atoms with Gasteiger partial charge < -0.3 is 9.64 Å². The number of fused-ring (bicyclic) bond motifs is 1. The van der Waals surface area contributed by atoms with Crippen LogP contribution >= 0.6 is 0 Å². The highest BCUT2D eigenvalue weighted by Gasteiger charge is 2.67. The molecule has 2 saturated carbocycles. The lowest BCUT2D eigenvalue weighted by atomic mass is 9.79. The number of hydrogen-bond donors (Lipinski definition) is 0. The van der Waals surface area contributed by atoms with Crippen LogP contribution in [0.4, 0.5) is 4.79 Å². The number of hydrogen-bond acceptors (Lipinski definition) is 2. The highest BCUT2D eigenvalue weighted by atomic mass is 16.6. The van der Waals surface area contributed by atoms with E-state index < -0.39 is 0 Å². The second kappa shape index (κ2) is 3.18. The lowest BCUT2D eigenvalue weighted by Gasteiger charge is -2.40. The highest BCUT2D eigenvalue weighted by Crippen LogP contribution is 2.73. The first-order valence-corrected chi connectivity index (χ1v) is 6.84. The van der Waals surface area contributed by atoms with Crippen molar-refractivity contribution in [3.8, 4) is 0 Å². The summed E-state index contributed by atoms with van der Waals surface area (Å²) >= 11 is 0. The van der Waals surface area contributed by atoms with Gasteiger partial charge in [-0.2, -0.15) is 0 Å². The van der Waals surface area contributed by atoms with Crippen LogP contribution < -0.4 is 0 Å². The normalized spacial score (nSPS) is 28.3. The van der Waals surface area contributed by atoms with Gasteiger partial charge in [0.05, 0.1) is 0 Å². The molecule has 17 heavy (non-hydrogen) atoms. The van der Waals surface area contributed by atoms with Crippen LogP contribution in [0.15, 0.2) is 0 Å². The number of ether oxygens (including phenoxy) is 1. The predicted molar refractivity (Wildman–Crippen MR) is 65.8 cm³/mol. The summed E-state index contributed by atoms with van der Waals surface area (Å²) in [7, 11) is 0. The van der Waals surface area contributed by atoms with Gasteiger partial charge in [-0.3, -0.25) is 0 Å². The molecule has 0 atom stereocenters. The molecule has 3 nitrogen and oxygen atoms in total. The first-order chi connectivity index (χ1) is 7.86. The van der Waals surface area contributed by atoms with E-state index in [0.29, 0.717) is 10.8 Å². The van der Waals surface area contributed by atoms with Crippen molar-refractivity contribution in [3.63, 3.8) is 0 Å².